The summed E-state index contributed by atoms with van der Waals surface area (Å²) in [6, 6.07) is 7.72. The maximum atomic E-state index is 12.2. The molecule has 2 amide bonds. The molecule has 0 radical (unpaired) electrons. The number of nitrogens with one attached hydrogen (secondary N) is 1. The Labute approximate surface area is 192 Å². The average molecular weight is 487 g/mol. The molecule has 4 rings (SSSR count). The van der Waals surface area contributed by atoms with Gasteiger partial charge in [0.05, 0.1) is 11.4 Å². The van der Waals surface area contributed by atoms with Gasteiger partial charge in [-0.2, -0.15) is 4.98 Å². The predicted molar refractivity (Wildman–Crippen MR) is 129 cm³/mol. The number of aromatic nitrogens is 2. The van der Waals surface area contributed by atoms with E-state index < -0.39 is 6.03 Å². The Balaban J connectivity index is 1.45. The van der Waals surface area contributed by atoms with Gasteiger partial charge < -0.3 is 16.0 Å². The van der Waals surface area contributed by atoms with Gasteiger partial charge in [-0.05, 0) is 79.4 Å². The summed E-state index contributed by atoms with van der Waals surface area (Å²) in [5.41, 5.74) is 9.09. The lowest BCUT2D eigenvalue weighted by Crippen LogP contribution is -2.47. The van der Waals surface area contributed by atoms with Gasteiger partial charge in [0.1, 0.15) is 5.82 Å². The molecule has 1 aromatic heterocycles. The molecule has 2 aromatic rings. The van der Waals surface area contributed by atoms with Crippen molar-refractivity contribution in [3.63, 3.8) is 0 Å². The zero-order valence-electron chi connectivity index (χ0n) is 18.3. The monoisotopic (exact) mass is 486 g/mol. The number of urea groups is 1. The fourth-order valence-corrected chi connectivity index (χ4v) is 5.29. The molecule has 1 fully saturated rings. The molecular formula is C23H31BrN6O. The first-order valence-corrected chi connectivity index (χ1v) is 11.9. The number of carbonyl (C=O) groups is 1. The van der Waals surface area contributed by atoms with E-state index in [0.717, 1.165) is 60.5 Å². The number of halogens is 1. The maximum Gasteiger partial charge on any atom is 0.319 e. The third-order valence-corrected chi connectivity index (χ3v) is 7.00. The number of para-hydroxylation sites is 1. The van der Waals surface area contributed by atoms with Crippen LogP contribution in [0.1, 0.15) is 49.8 Å². The Morgan fingerprint density at radius 1 is 1.10 bits per heavy atom. The van der Waals surface area contributed by atoms with Gasteiger partial charge in [0.15, 0.2) is 0 Å². The standard InChI is InChI=1S/C23H31BrN6O/c1-29(2)21-17-7-3-5-9-19(17)27-23(28-21)26-15-11-13-16(14-12-15)30(22(25)31)20-10-6-4-8-18(20)24/h4,6,8,10,15-16H,3,5,7,9,11-14H2,1-2H3,(H2,25,31)(H,26,27,28)/t15-,16+. The molecule has 0 atom stereocenters. The summed E-state index contributed by atoms with van der Waals surface area (Å²) in [6.45, 7) is 0. The Bertz CT molecular complexity index is 942. The molecule has 0 bridgehead atoms. The van der Waals surface area contributed by atoms with Crippen molar-refractivity contribution in [2.75, 3.05) is 29.2 Å². The van der Waals surface area contributed by atoms with Gasteiger partial charge in [-0.25, -0.2) is 9.78 Å². The van der Waals surface area contributed by atoms with E-state index in [9.17, 15) is 4.79 Å². The molecule has 7 nitrogen and oxygen atoms in total. The van der Waals surface area contributed by atoms with Gasteiger partial charge in [0.25, 0.3) is 0 Å². The zero-order valence-corrected chi connectivity index (χ0v) is 19.9. The number of amides is 2. The zero-order chi connectivity index (χ0) is 22.0. The molecule has 3 N–H and O–H groups in total. The van der Waals surface area contributed by atoms with E-state index in [1.807, 2.05) is 38.4 Å². The van der Waals surface area contributed by atoms with Crippen LogP contribution in [-0.4, -0.2) is 42.2 Å². The molecule has 0 aliphatic heterocycles. The van der Waals surface area contributed by atoms with Crippen molar-refractivity contribution in [3.8, 4) is 0 Å². The van der Waals surface area contributed by atoms with Crippen molar-refractivity contribution in [2.24, 2.45) is 5.73 Å². The average Bonchev–Trinajstić information content (AvgIpc) is 2.75. The first-order chi connectivity index (χ1) is 14.9. The lowest BCUT2D eigenvalue weighted by molar-refractivity contribution is 0.248. The Morgan fingerprint density at radius 2 is 1.81 bits per heavy atom. The lowest BCUT2D eigenvalue weighted by atomic mass is 9.90. The number of carbonyl (C=O) groups excluding carboxylic acids is 1. The van der Waals surface area contributed by atoms with Crippen LogP contribution in [0.25, 0.3) is 0 Å². The van der Waals surface area contributed by atoms with Crippen LogP contribution in [-0.2, 0) is 12.8 Å². The van der Waals surface area contributed by atoms with Gasteiger partial charge in [-0.3, -0.25) is 4.90 Å². The molecule has 8 heteroatoms. The van der Waals surface area contributed by atoms with Gasteiger partial charge >= 0.3 is 6.03 Å². The summed E-state index contributed by atoms with van der Waals surface area (Å²) >= 11 is 3.55. The second-order valence-corrected chi connectivity index (χ2v) is 9.56. The Kier molecular flexibility index (Phi) is 6.65. The van der Waals surface area contributed by atoms with Crippen molar-refractivity contribution in [1.29, 1.82) is 0 Å². The van der Waals surface area contributed by atoms with Crippen LogP contribution in [0.15, 0.2) is 28.7 Å². The minimum Gasteiger partial charge on any atom is -0.362 e. The molecule has 2 aliphatic rings. The number of benzene rings is 1. The van der Waals surface area contributed by atoms with Crippen LogP contribution < -0.4 is 20.9 Å². The van der Waals surface area contributed by atoms with E-state index >= 15 is 0 Å². The van der Waals surface area contributed by atoms with Crippen LogP contribution in [0.4, 0.5) is 22.2 Å². The number of hydrogen-bond donors (Lipinski definition) is 2. The fourth-order valence-electron chi connectivity index (χ4n) is 4.81. The summed E-state index contributed by atoms with van der Waals surface area (Å²) in [5.74, 6) is 1.76. The van der Waals surface area contributed by atoms with Gasteiger partial charge in [-0.1, -0.05) is 12.1 Å². The number of fused-ring (bicyclic) bond motifs is 1. The molecule has 0 saturated heterocycles. The SMILES string of the molecule is CN(C)c1nc(N[C@H]2CC[C@@H](N(C(N)=O)c3ccccc3Br)CC2)nc2c1CCCC2. The molecule has 1 saturated carbocycles. The molecule has 1 aromatic carbocycles. The minimum atomic E-state index is -0.406. The highest BCUT2D eigenvalue weighted by atomic mass is 79.9. The summed E-state index contributed by atoms with van der Waals surface area (Å²) < 4.78 is 0.882. The van der Waals surface area contributed by atoms with Crippen molar-refractivity contribution in [1.82, 2.24) is 9.97 Å². The Morgan fingerprint density at radius 3 is 2.48 bits per heavy atom. The third-order valence-electron chi connectivity index (χ3n) is 6.33. The molecule has 0 unspecified atom stereocenters. The molecular weight excluding hydrogens is 456 g/mol. The third kappa shape index (κ3) is 4.79. The van der Waals surface area contributed by atoms with Gasteiger partial charge in [0.2, 0.25) is 5.95 Å². The van der Waals surface area contributed by atoms with E-state index in [4.69, 9.17) is 15.7 Å². The quantitative estimate of drug-likeness (QED) is 0.649. The van der Waals surface area contributed by atoms with E-state index in [2.05, 4.69) is 26.1 Å². The normalized spacial score (nSPS) is 20.6. The van der Waals surface area contributed by atoms with Crippen LogP contribution >= 0.6 is 15.9 Å². The number of anilines is 3. The van der Waals surface area contributed by atoms with E-state index in [1.165, 1.54) is 24.1 Å². The largest absolute Gasteiger partial charge is 0.362 e. The van der Waals surface area contributed by atoms with E-state index in [-0.39, 0.29) is 6.04 Å². The van der Waals surface area contributed by atoms with E-state index in [0.29, 0.717) is 6.04 Å². The summed E-state index contributed by atoms with van der Waals surface area (Å²) in [5, 5.41) is 3.57. The topological polar surface area (TPSA) is 87.4 Å². The number of aryl methyl sites for hydroxylation is 1. The minimum absolute atomic E-state index is 0.0936. The van der Waals surface area contributed by atoms with Gasteiger partial charge in [-0.15, -0.1) is 0 Å². The number of hydrogen-bond acceptors (Lipinski definition) is 5. The molecule has 166 valence electrons. The van der Waals surface area contributed by atoms with Crippen LogP contribution in [0.2, 0.25) is 0 Å². The second kappa shape index (κ2) is 9.42. The highest BCUT2D eigenvalue weighted by Gasteiger charge is 2.30. The van der Waals surface area contributed by atoms with Crippen LogP contribution in [0.5, 0.6) is 0 Å². The summed E-state index contributed by atoms with van der Waals surface area (Å²) in [6.07, 6.45) is 8.14. The number of primary amides is 1. The molecule has 1 heterocycles. The maximum absolute atomic E-state index is 12.2. The first-order valence-electron chi connectivity index (χ1n) is 11.1. The van der Waals surface area contributed by atoms with Crippen molar-refractivity contribution in [3.05, 3.63) is 40.0 Å². The smallest absolute Gasteiger partial charge is 0.319 e. The number of rotatable bonds is 5. The van der Waals surface area contributed by atoms with E-state index in [1.54, 1.807) is 4.90 Å². The van der Waals surface area contributed by atoms with Gasteiger partial charge in [0, 0.05) is 36.2 Å². The van der Waals surface area contributed by atoms with Crippen molar-refractivity contribution >= 4 is 39.4 Å². The molecule has 0 spiro atoms. The highest BCUT2D eigenvalue weighted by molar-refractivity contribution is 9.10. The Hall–Kier alpha value is -2.35. The summed E-state index contributed by atoms with van der Waals surface area (Å²) in [7, 11) is 4.10. The number of nitrogens with zero attached hydrogens (tertiary/aromatic N) is 4. The van der Waals surface area contributed by atoms with Crippen molar-refractivity contribution in [2.45, 2.75) is 63.5 Å². The lowest BCUT2D eigenvalue weighted by Gasteiger charge is -2.36. The molecule has 2 aliphatic carbocycles. The highest BCUT2D eigenvalue weighted by Crippen LogP contribution is 2.33. The van der Waals surface area contributed by atoms with Crippen LogP contribution in [0, 0.1) is 0 Å². The molecule has 31 heavy (non-hydrogen) atoms. The first kappa shape index (κ1) is 21.9. The van der Waals surface area contributed by atoms with Crippen molar-refractivity contribution < 1.29 is 4.79 Å². The second-order valence-electron chi connectivity index (χ2n) is 8.71. The van der Waals surface area contributed by atoms with Crippen LogP contribution in [0.3, 0.4) is 0 Å². The fraction of sp³-hybridized carbons (Fsp3) is 0.522. The predicted octanol–water partition coefficient (Wildman–Crippen LogP) is 4.49. The number of nitrogens with two attached hydrogens (primary N) is 1. The summed E-state index contributed by atoms with van der Waals surface area (Å²) in [4.78, 5) is 25.8.